The number of aliphatic hydroxyl groups is 1. The minimum atomic E-state index is -0.891. The number of anilines is 1. The summed E-state index contributed by atoms with van der Waals surface area (Å²) in [7, 11) is 0. The van der Waals surface area contributed by atoms with Crippen LogP contribution in [-0.2, 0) is 9.59 Å². The molecule has 33 heavy (non-hydrogen) atoms. The highest BCUT2D eigenvalue weighted by molar-refractivity contribution is 6.51. The number of phenols is 1. The highest BCUT2D eigenvalue weighted by Gasteiger charge is 2.47. The Bertz CT molecular complexity index is 1270. The molecule has 0 aromatic heterocycles. The van der Waals surface area contributed by atoms with Gasteiger partial charge in [-0.05, 0) is 61.4 Å². The van der Waals surface area contributed by atoms with E-state index in [0.29, 0.717) is 34.2 Å². The van der Waals surface area contributed by atoms with Crippen LogP contribution in [0.25, 0.3) is 5.76 Å². The number of aromatic hydroxyl groups is 1. The molecular weight excluding hydrogens is 442 g/mol. The molecule has 4 rings (SSSR count). The summed E-state index contributed by atoms with van der Waals surface area (Å²) in [6.07, 6.45) is 0. The van der Waals surface area contributed by atoms with Gasteiger partial charge in [-0.3, -0.25) is 14.5 Å². The standard InChI is InChI=1S/C26H22ClNO5/c1-3-33-21-14-17(10-13-19(21)27)24(30)22-23(16-8-11-18(29)12-9-16)28(26(32)25(22)31)20-7-5-4-6-15(20)2/h4-14,23,29-30H,3H2,1-2H3/b24-22-. The molecule has 1 aliphatic rings. The van der Waals surface area contributed by atoms with Crippen LogP contribution in [0.2, 0.25) is 5.02 Å². The SMILES string of the molecule is CCOc1cc(/C(O)=C2/C(=O)C(=O)N(c3ccccc3C)C2c2ccc(O)cc2)ccc1Cl. The van der Waals surface area contributed by atoms with E-state index in [-0.39, 0.29) is 17.1 Å². The third-order valence-electron chi connectivity index (χ3n) is 5.53. The zero-order valence-corrected chi connectivity index (χ0v) is 18.8. The van der Waals surface area contributed by atoms with Crippen LogP contribution in [0.1, 0.15) is 29.7 Å². The van der Waals surface area contributed by atoms with Crippen molar-refractivity contribution < 1.29 is 24.5 Å². The summed E-state index contributed by atoms with van der Waals surface area (Å²) in [5, 5.41) is 21.4. The van der Waals surface area contributed by atoms with Crippen molar-refractivity contribution in [2.24, 2.45) is 0 Å². The molecule has 6 nitrogen and oxygen atoms in total. The van der Waals surface area contributed by atoms with E-state index >= 15 is 0 Å². The first-order chi connectivity index (χ1) is 15.8. The molecule has 1 atom stereocenters. The van der Waals surface area contributed by atoms with E-state index in [1.54, 1.807) is 43.3 Å². The number of carbonyl (C=O) groups excluding carboxylic acids is 2. The number of benzene rings is 3. The molecule has 1 amide bonds. The maximum absolute atomic E-state index is 13.2. The molecule has 1 fully saturated rings. The summed E-state index contributed by atoms with van der Waals surface area (Å²) in [5.41, 5.74) is 2.17. The number of hydrogen-bond donors (Lipinski definition) is 2. The van der Waals surface area contributed by atoms with Crippen LogP contribution < -0.4 is 9.64 Å². The fourth-order valence-corrected chi connectivity index (χ4v) is 4.13. The van der Waals surface area contributed by atoms with Crippen LogP contribution in [0.4, 0.5) is 5.69 Å². The largest absolute Gasteiger partial charge is 0.508 e. The number of aryl methyl sites for hydroxylation is 1. The van der Waals surface area contributed by atoms with Gasteiger partial charge < -0.3 is 14.9 Å². The van der Waals surface area contributed by atoms with Gasteiger partial charge in [0.15, 0.2) is 0 Å². The van der Waals surface area contributed by atoms with Gasteiger partial charge in [-0.15, -0.1) is 0 Å². The van der Waals surface area contributed by atoms with Gasteiger partial charge in [0.1, 0.15) is 17.3 Å². The van der Waals surface area contributed by atoms with Gasteiger partial charge in [0, 0.05) is 11.3 Å². The number of phenolic OH excluding ortho intramolecular Hbond substituents is 1. The Hall–Kier alpha value is -3.77. The van der Waals surface area contributed by atoms with Crippen molar-refractivity contribution >= 4 is 34.7 Å². The van der Waals surface area contributed by atoms with Crippen LogP contribution in [-0.4, -0.2) is 28.5 Å². The number of amides is 1. The molecule has 0 bridgehead atoms. The second kappa shape index (κ2) is 9.00. The van der Waals surface area contributed by atoms with Crippen molar-refractivity contribution in [3.05, 3.63) is 94.0 Å². The number of para-hydroxylation sites is 1. The number of nitrogens with zero attached hydrogens (tertiary/aromatic N) is 1. The maximum Gasteiger partial charge on any atom is 0.300 e. The number of halogens is 1. The lowest BCUT2D eigenvalue weighted by atomic mass is 9.94. The number of rotatable bonds is 5. The Balaban J connectivity index is 1.95. The number of Topliss-reactive ketones (excluding diaryl/α,β-unsaturated/α-hetero) is 1. The van der Waals surface area contributed by atoms with Crippen LogP contribution in [0, 0.1) is 6.92 Å². The molecule has 7 heteroatoms. The second-order valence-corrected chi connectivity index (χ2v) is 8.03. The van der Waals surface area contributed by atoms with E-state index in [1.165, 1.54) is 23.1 Å². The molecule has 3 aromatic rings. The maximum atomic E-state index is 13.2. The van der Waals surface area contributed by atoms with Gasteiger partial charge in [-0.1, -0.05) is 41.9 Å². The lowest BCUT2D eigenvalue weighted by Gasteiger charge is -2.26. The van der Waals surface area contributed by atoms with Gasteiger partial charge >= 0.3 is 0 Å². The molecule has 1 saturated heterocycles. The number of carbonyl (C=O) groups is 2. The average Bonchev–Trinajstić information content (AvgIpc) is 3.06. The van der Waals surface area contributed by atoms with Crippen molar-refractivity contribution in [2.75, 3.05) is 11.5 Å². The van der Waals surface area contributed by atoms with E-state index in [1.807, 2.05) is 19.1 Å². The minimum absolute atomic E-state index is 0.0469. The number of aliphatic hydroxyl groups excluding tert-OH is 1. The summed E-state index contributed by atoms with van der Waals surface area (Å²) in [4.78, 5) is 27.8. The highest BCUT2D eigenvalue weighted by atomic mass is 35.5. The fraction of sp³-hybridized carbons (Fsp3) is 0.154. The number of ketones is 1. The van der Waals surface area contributed by atoms with Crippen LogP contribution >= 0.6 is 11.6 Å². The van der Waals surface area contributed by atoms with Crippen LogP contribution in [0.3, 0.4) is 0 Å². The molecule has 0 saturated carbocycles. The normalized spacial score (nSPS) is 17.4. The summed E-state index contributed by atoms with van der Waals surface area (Å²) >= 11 is 6.18. The Kier molecular flexibility index (Phi) is 6.11. The van der Waals surface area contributed by atoms with Gasteiger partial charge in [-0.25, -0.2) is 0 Å². The smallest absolute Gasteiger partial charge is 0.300 e. The van der Waals surface area contributed by atoms with Crippen molar-refractivity contribution in [1.82, 2.24) is 0 Å². The van der Waals surface area contributed by atoms with Crippen molar-refractivity contribution in [1.29, 1.82) is 0 Å². The molecule has 1 aliphatic heterocycles. The van der Waals surface area contributed by atoms with Gasteiger partial charge in [-0.2, -0.15) is 0 Å². The van der Waals surface area contributed by atoms with Crippen molar-refractivity contribution in [3.8, 4) is 11.5 Å². The zero-order valence-electron chi connectivity index (χ0n) is 18.1. The first kappa shape index (κ1) is 22.4. The molecule has 0 aliphatic carbocycles. The molecule has 0 spiro atoms. The Morgan fingerprint density at radius 2 is 1.76 bits per heavy atom. The average molecular weight is 464 g/mol. The first-order valence-electron chi connectivity index (χ1n) is 10.4. The third-order valence-corrected chi connectivity index (χ3v) is 5.84. The van der Waals surface area contributed by atoms with E-state index < -0.39 is 17.7 Å². The fourth-order valence-electron chi connectivity index (χ4n) is 3.96. The van der Waals surface area contributed by atoms with Crippen molar-refractivity contribution in [2.45, 2.75) is 19.9 Å². The second-order valence-electron chi connectivity index (χ2n) is 7.63. The molecule has 0 radical (unpaired) electrons. The number of ether oxygens (including phenoxy) is 1. The molecule has 1 heterocycles. The first-order valence-corrected chi connectivity index (χ1v) is 10.8. The predicted molar refractivity (Wildman–Crippen MR) is 127 cm³/mol. The van der Waals surface area contributed by atoms with E-state index in [9.17, 15) is 19.8 Å². The summed E-state index contributed by atoms with van der Waals surface area (Å²) in [6.45, 7) is 4.02. The lowest BCUT2D eigenvalue weighted by Crippen LogP contribution is -2.30. The molecular formula is C26H22ClNO5. The van der Waals surface area contributed by atoms with Crippen LogP contribution in [0.15, 0.2) is 72.3 Å². The van der Waals surface area contributed by atoms with Gasteiger partial charge in [0.25, 0.3) is 11.7 Å². The Labute approximate surface area is 196 Å². The van der Waals surface area contributed by atoms with Gasteiger partial charge in [0.05, 0.1) is 23.2 Å². The summed E-state index contributed by atoms with van der Waals surface area (Å²) < 4.78 is 5.51. The van der Waals surface area contributed by atoms with E-state index in [0.717, 1.165) is 5.56 Å². The quantitative estimate of drug-likeness (QED) is 0.301. The third kappa shape index (κ3) is 4.05. The minimum Gasteiger partial charge on any atom is -0.508 e. The Morgan fingerprint density at radius 3 is 2.42 bits per heavy atom. The highest BCUT2D eigenvalue weighted by Crippen LogP contribution is 2.43. The monoisotopic (exact) mass is 463 g/mol. The molecule has 168 valence electrons. The molecule has 1 unspecified atom stereocenters. The van der Waals surface area contributed by atoms with Crippen molar-refractivity contribution in [3.63, 3.8) is 0 Å². The van der Waals surface area contributed by atoms with E-state index in [4.69, 9.17) is 16.3 Å². The predicted octanol–water partition coefficient (Wildman–Crippen LogP) is 5.38. The molecule has 2 N–H and O–H groups in total. The lowest BCUT2D eigenvalue weighted by molar-refractivity contribution is -0.132. The number of hydrogen-bond acceptors (Lipinski definition) is 5. The zero-order chi connectivity index (χ0) is 23.7. The van der Waals surface area contributed by atoms with Crippen LogP contribution in [0.5, 0.6) is 11.5 Å². The Morgan fingerprint density at radius 1 is 1.06 bits per heavy atom. The van der Waals surface area contributed by atoms with Gasteiger partial charge in [0.2, 0.25) is 0 Å². The topological polar surface area (TPSA) is 87.1 Å². The molecule has 3 aromatic carbocycles. The summed E-state index contributed by atoms with van der Waals surface area (Å²) in [5.74, 6) is -1.48. The summed E-state index contributed by atoms with van der Waals surface area (Å²) in [6, 6.07) is 17.2. The van der Waals surface area contributed by atoms with E-state index in [2.05, 4.69) is 0 Å².